The van der Waals surface area contributed by atoms with Crippen LogP contribution in [-0.2, 0) is 16.4 Å². The molecule has 0 spiro atoms. The number of hydrogen-bond donors (Lipinski definition) is 0. The lowest BCUT2D eigenvalue weighted by Gasteiger charge is -2.35. The molecule has 0 atom stereocenters. The van der Waals surface area contributed by atoms with E-state index in [-0.39, 0.29) is 5.56 Å². The topological polar surface area (TPSA) is 72.3 Å². The standard InChI is InChI=1S/C19H29N3O3S/c23-19-4-3-18(17-1-2-17)20-22(19)14-15-5-9-21(10-6-15)13-16-7-11-26(24,25)12-8-16/h3-4,15-17H,1-2,5-14H2. The molecule has 0 N–H and O–H groups in total. The molecule has 3 heterocycles. The molecule has 0 bridgehead atoms. The van der Waals surface area contributed by atoms with Gasteiger partial charge in [-0.3, -0.25) is 4.79 Å². The van der Waals surface area contributed by atoms with Gasteiger partial charge in [0.15, 0.2) is 0 Å². The molecule has 3 aliphatic rings. The van der Waals surface area contributed by atoms with Gasteiger partial charge in [0.2, 0.25) is 0 Å². The minimum Gasteiger partial charge on any atom is -0.303 e. The van der Waals surface area contributed by atoms with E-state index in [0.717, 1.165) is 57.6 Å². The Morgan fingerprint density at radius 3 is 2.23 bits per heavy atom. The second-order valence-corrected chi connectivity index (χ2v) is 10.7. The van der Waals surface area contributed by atoms with Crippen molar-refractivity contribution in [1.82, 2.24) is 14.7 Å². The second-order valence-electron chi connectivity index (χ2n) is 8.39. The summed E-state index contributed by atoms with van der Waals surface area (Å²) >= 11 is 0. The zero-order chi connectivity index (χ0) is 18.1. The van der Waals surface area contributed by atoms with Gasteiger partial charge in [-0.2, -0.15) is 5.10 Å². The quantitative estimate of drug-likeness (QED) is 0.778. The monoisotopic (exact) mass is 379 g/mol. The Morgan fingerprint density at radius 1 is 0.923 bits per heavy atom. The minimum absolute atomic E-state index is 0.0141. The Morgan fingerprint density at radius 2 is 1.58 bits per heavy atom. The summed E-state index contributed by atoms with van der Waals surface area (Å²) in [6, 6.07) is 3.57. The SMILES string of the molecule is O=c1ccc(C2CC2)nn1CC1CCN(CC2CCS(=O)(=O)CC2)CC1. The van der Waals surface area contributed by atoms with Gasteiger partial charge >= 0.3 is 0 Å². The molecule has 144 valence electrons. The first-order valence-corrected chi connectivity index (χ1v) is 11.8. The number of nitrogens with zero attached hydrogens (tertiary/aromatic N) is 3. The number of rotatable bonds is 5. The third-order valence-corrected chi connectivity index (χ3v) is 7.93. The third-order valence-electron chi connectivity index (χ3n) is 6.21. The maximum absolute atomic E-state index is 12.1. The van der Waals surface area contributed by atoms with Crippen LogP contribution in [-0.4, -0.2) is 54.2 Å². The molecular weight excluding hydrogens is 350 g/mol. The van der Waals surface area contributed by atoms with E-state index in [1.165, 1.54) is 12.8 Å². The Bertz CT molecular complexity index is 778. The van der Waals surface area contributed by atoms with Crippen LogP contribution in [0.1, 0.15) is 50.1 Å². The Kier molecular flexibility index (Phi) is 5.19. The molecule has 6 nitrogen and oxygen atoms in total. The number of piperidine rings is 1. The highest BCUT2D eigenvalue weighted by atomic mass is 32.2. The van der Waals surface area contributed by atoms with Gasteiger partial charge in [-0.1, -0.05) is 0 Å². The first-order chi connectivity index (χ1) is 12.5. The fourth-order valence-corrected chi connectivity index (χ4v) is 5.86. The normalized spacial score (nSPS) is 25.4. The van der Waals surface area contributed by atoms with Crippen molar-refractivity contribution in [2.75, 3.05) is 31.1 Å². The van der Waals surface area contributed by atoms with Crippen molar-refractivity contribution in [2.45, 2.75) is 51.0 Å². The predicted molar refractivity (Wildman–Crippen MR) is 101 cm³/mol. The van der Waals surface area contributed by atoms with Gasteiger partial charge in [0, 0.05) is 25.1 Å². The van der Waals surface area contributed by atoms with Gasteiger partial charge in [0.1, 0.15) is 9.84 Å². The lowest BCUT2D eigenvalue weighted by atomic mass is 9.94. The molecular formula is C19H29N3O3S. The van der Waals surface area contributed by atoms with Crippen molar-refractivity contribution in [3.05, 3.63) is 28.2 Å². The molecule has 1 aromatic rings. The lowest BCUT2D eigenvalue weighted by molar-refractivity contribution is 0.145. The molecule has 1 aromatic heterocycles. The van der Waals surface area contributed by atoms with Crippen molar-refractivity contribution in [2.24, 2.45) is 11.8 Å². The molecule has 2 saturated heterocycles. The summed E-state index contributed by atoms with van der Waals surface area (Å²) < 4.78 is 24.8. The maximum Gasteiger partial charge on any atom is 0.266 e. The van der Waals surface area contributed by atoms with E-state index in [1.807, 2.05) is 6.07 Å². The van der Waals surface area contributed by atoms with Crippen molar-refractivity contribution >= 4 is 9.84 Å². The van der Waals surface area contributed by atoms with Crippen LogP contribution in [0.2, 0.25) is 0 Å². The highest BCUT2D eigenvalue weighted by molar-refractivity contribution is 7.91. The van der Waals surface area contributed by atoms with E-state index in [0.29, 0.717) is 29.3 Å². The van der Waals surface area contributed by atoms with Gasteiger partial charge < -0.3 is 4.90 Å². The highest BCUT2D eigenvalue weighted by Crippen LogP contribution is 2.38. The summed E-state index contributed by atoms with van der Waals surface area (Å²) in [5, 5.41) is 4.59. The van der Waals surface area contributed by atoms with Gasteiger partial charge in [-0.15, -0.1) is 0 Å². The summed E-state index contributed by atoms with van der Waals surface area (Å²) in [6.45, 7) is 3.85. The molecule has 7 heteroatoms. The fourth-order valence-electron chi connectivity index (χ4n) is 4.28. The van der Waals surface area contributed by atoms with E-state index < -0.39 is 9.84 Å². The zero-order valence-electron chi connectivity index (χ0n) is 15.3. The molecule has 2 aliphatic heterocycles. The lowest BCUT2D eigenvalue weighted by Crippen LogP contribution is -2.40. The average Bonchev–Trinajstić information content (AvgIpc) is 3.45. The molecule has 0 unspecified atom stereocenters. The Balaban J connectivity index is 1.26. The van der Waals surface area contributed by atoms with Crippen LogP contribution in [0.4, 0.5) is 0 Å². The van der Waals surface area contributed by atoms with Crippen LogP contribution in [0.15, 0.2) is 16.9 Å². The molecule has 0 amide bonds. The molecule has 1 aliphatic carbocycles. The smallest absolute Gasteiger partial charge is 0.266 e. The largest absolute Gasteiger partial charge is 0.303 e. The minimum atomic E-state index is -2.77. The first kappa shape index (κ1) is 18.2. The van der Waals surface area contributed by atoms with Crippen LogP contribution in [0.25, 0.3) is 0 Å². The Labute approximate surface area is 155 Å². The van der Waals surface area contributed by atoms with Crippen LogP contribution >= 0.6 is 0 Å². The van der Waals surface area contributed by atoms with Crippen LogP contribution in [0.5, 0.6) is 0 Å². The van der Waals surface area contributed by atoms with Crippen LogP contribution in [0.3, 0.4) is 0 Å². The van der Waals surface area contributed by atoms with Crippen molar-refractivity contribution < 1.29 is 8.42 Å². The molecule has 26 heavy (non-hydrogen) atoms. The van der Waals surface area contributed by atoms with E-state index in [2.05, 4.69) is 10.00 Å². The summed E-state index contributed by atoms with van der Waals surface area (Å²) in [6.07, 6.45) is 6.21. The number of likely N-dealkylation sites (tertiary alicyclic amines) is 1. The Hall–Kier alpha value is -1.21. The summed E-state index contributed by atoms with van der Waals surface area (Å²) in [7, 11) is -2.77. The van der Waals surface area contributed by atoms with Crippen molar-refractivity contribution in [1.29, 1.82) is 0 Å². The maximum atomic E-state index is 12.1. The molecule has 1 saturated carbocycles. The van der Waals surface area contributed by atoms with Gasteiger partial charge in [-0.05, 0) is 69.5 Å². The van der Waals surface area contributed by atoms with E-state index in [1.54, 1.807) is 10.7 Å². The molecule has 4 rings (SSSR count). The third kappa shape index (κ3) is 4.55. The molecule has 0 radical (unpaired) electrons. The van der Waals surface area contributed by atoms with Crippen molar-refractivity contribution in [3.8, 4) is 0 Å². The summed E-state index contributed by atoms with van der Waals surface area (Å²) in [5.41, 5.74) is 1.09. The van der Waals surface area contributed by atoms with Gasteiger partial charge in [0.25, 0.3) is 5.56 Å². The van der Waals surface area contributed by atoms with E-state index in [9.17, 15) is 13.2 Å². The fraction of sp³-hybridized carbons (Fsp3) is 0.789. The first-order valence-electron chi connectivity index (χ1n) is 9.99. The van der Waals surface area contributed by atoms with Crippen LogP contribution in [0, 0.1) is 11.8 Å². The number of aromatic nitrogens is 2. The summed E-state index contributed by atoms with van der Waals surface area (Å²) in [5.74, 6) is 2.33. The number of sulfone groups is 1. The summed E-state index contributed by atoms with van der Waals surface area (Å²) in [4.78, 5) is 14.6. The predicted octanol–water partition coefficient (Wildman–Crippen LogP) is 1.66. The van der Waals surface area contributed by atoms with Crippen molar-refractivity contribution in [3.63, 3.8) is 0 Å². The van der Waals surface area contributed by atoms with E-state index in [4.69, 9.17) is 0 Å². The highest BCUT2D eigenvalue weighted by Gasteiger charge is 2.28. The van der Waals surface area contributed by atoms with Crippen LogP contribution < -0.4 is 5.56 Å². The second kappa shape index (κ2) is 7.43. The molecule has 3 fully saturated rings. The van der Waals surface area contributed by atoms with Gasteiger partial charge in [-0.25, -0.2) is 13.1 Å². The van der Waals surface area contributed by atoms with Gasteiger partial charge in [0.05, 0.1) is 17.2 Å². The average molecular weight is 380 g/mol. The number of hydrogen-bond acceptors (Lipinski definition) is 5. The van der Waals surface area contributed by atoms with E-state index >= 15 is 0 Å². The zero-order valence-corrected chi connectivity index (χ0v) is 16.2. The molecule has 0 aromatic carbocycles.